The molecule has 4 rings (SSSR count). The summed E-state index contributed by atoms with van der Waals surface area (Å²) in [6, 6.07) is 18.1. The molecule has 0 spiro atoms. The monoisotopic (exact) mass is 501 g/mol. The van der Waals surface area contributed by atoms with Crippen molar-refractivity contribution in [3.8, 4) is 5.75 Å². The number of nitrogen functional groups attached to an aromatic ring is 1. The van der Waals surface area contributed by atoms with Crippen LogP contribution in [-0.4, -0.2) is 31.0 Å². The molecule has 0 heterocycles. The van der Waals surface area contributed by atoms with E-state index < -0.39 is 30.0 Å². The second-order valence-electron chi connectivity index (χ2n) is 7.28. The maximum atomic E-state index is 12.3. The first kappa shape index (κ1) is 23.3. The normalized spacial score (nSPS) is 11.9. The van der Waals surface area contributed by atoms with Crippen molar-refractivity contribution in [3.05, 3.63) is 72.8 Å². The highest BCUT2D eigenvalue weighted by Gasteiger charge is 2.30. The van der Waals surface area contributed by atoms with Gasteiger partial charge in [0.15, 0.2) is 0 Å². The van der Waals surface area contributed by atoms with E-state index in [4.69, 9.17) is 5.73 Å². The molecule has 10 nitrogen and oxygen atoms in total. The summed E-state index contributed by atoms with van der Waals surface area (Å²) in [7, 11) is -10.2. The molecule has 0 bridgehead atoms. The van der Waals surface area contributed by atoms with E-state index in [2.05, 4.69) is 10.6 Å². The Labute approximate surface area is 195 Å². The average molecular weight is 502 g/mol. The second-order valence-corrected chi connectivity index (χ2v) is 10.0. The highest BCUT2D eigenvalue weighted by molar-refractivity contribution is 7.89. The van der Waals surface area contributed by atoms with Crippen molar-refractivity contribution in [3.63, 3.8) is 0 Å². The van der Waals surface area contributed by atoms with E-state index >= 15 is 0 Å². The molecule has 0 radical (unpaired) electrons. The molecule has 0 aliphatic heterocycles. The van der Waals surface area contributed by atoms with Crippen LogP contribution in [0.3, 0.4) is 0 Å². The molecule has 0 saturated carbocycles. The zero-order chi connectivity index (χ0) is 24.7. The van der Waals surface area contributed by atoms with Gasteiger partial charge in [-0.25, -0.2) is 0 Å². The fourth-order valence-corrected chi connectivity index (χ4v) is 5.49. The molecule has 0 fully saturated rings. The maximum absolute atomic E-state index is 12.3. The minimum atomic E-state index is -5.18. The number of phenolic OH excluding ortho intramolecular Hbond substituents is 1. The van der Waals surface area contributed by atoms with Crippen molar-refractivity contribution in [2.75, 3.05) is 16.4 Å². The van der Waals surface area contributed by atoms with Crippen LogP contribution in [0.5, 0.6) is 5.75 Å². The van der Waals surface area contributed by atoms with Crippen LogP contribution < -0.4 is 16.4 Å². The standard InChI is InChI=1S/C22H19N3O7S2/c23-15-7-1-2-8-17(15)24-18-11-12-20(33(27,28)29)22(34(30,31)32)21(18)25-16-9-3-6-14-13(16)5-4-10-19(14)26/h1-12,24-26H,23H2,(H,27,28,29)(H,30,31,32). The van der Waals surface area contributed by atoms with E-state index in [-0.39, 0.29) is 22.8 Å². The lowest BCUT2D eigenvalue weighted by Gasteiger charge is -2.20. The third-order valence-electron chi connectivity index (χ3n) is 5.05. The van der Waals surface area contributed by atoms with Crippen molar-refractivity contribution in [2.24, 2.45) is 0 Å². The van der Waals surface area contributed by atoms with Crippen LogP contribution in [0, 0.1) is 0 Å². The third kappa shape index (κ3) is 4.47. The third-order valence-corrected chi connectivity index (χ3v) is 7.01. The molecule has 0 amide bonds. The quantitative estimate of drug-likeness (QED) is 0.166. The number of fused-ring (bicyclic) bond motifs is 1. The molecular weight excluding hydrogens is 482 g/mol. The maximum Gasteiger partial charge on any atom is 0.298 e. The summed E-state index contributed by atoms with van der Waals surface area (Å²) in [5, 5.41) is 16.9. The van der Waals surface area contributed by atoms with Gasteiger partial charge in [-0.2, -0.15) is 16.8 Å². The number of anilines is 5. The number of hydrogen-bond acceptors (Lipinski definition) is 8. The van der Waals surface area contributed by atoms with Gasteiger partial charge in [0, 0.05) is 16.5 Å². The summed E-state index contributed by atoms with van der Waals surface area (Å²) in [5.74, 6) is -0.0294. The molecule has 0 aromatic heterocycles. The number of nitrogens with one attached hydrogen (secondary N) is 2. The molecular formula is C22H19N3O7S2. The zero-order valence-electron chi connectivity index (χ0n) is 17.3. The van der Waals surface area contributed by atoms with Crippen molar-refractivity contribution in [2.45, 2.75) is 9.79 Å². The number of hydrogen-bond donors (Lipinski definition) is 6. The highest BCUT2D eigenvalue weighted by atomic mass is 32.2. The largest absolute Gasteiger partial charge is 0.507 e. The minimum absolute atomic E-state index is 0.0294. The van der Waals surface area contributed by atoms with Gasteiger partial charge in [-0.15, -0.1) is 0 Å². The van der Waals surface area contributed by atoms with Gasteiger partial charge in [-0.1, -0.05) is 36.4 Å². The predicted molar refractivity (Wildman–Crippen MR) is 129 cm³/mol. The number of phenols is 1. The predicted octanol–water partition coefficient (Wildman–Crippen LogP) is 4.11. The molecule has 0 aliphatic carbocycles. The molecule has 0 saturated heterocycles. The topological polar surface area (TPSA) is 179 Å². The summed E-state index contributed by atoms with van der Waals surface area (Å²) < 4.78 is 68.2. The van der Waals surface area contributed by atoms with Gasteiger partial charge in [0.25, 0.3) is 20.2 Å². The van der Waals surface area contributed by atoms with Crippen LogP contribution in [0.2, 0.25) is 0 Å². The van der Waals surface area contributed by atoms with Gasteiger partial charge in [-0.3, -0.25) is 9.11 Å². The summed E-state index contributed by atoms with van der Waals surface area (Å²) in [6.07, 6.45) is 0. The van der Waals surface area contributed by atoms with Crippen molar-refractivity contribution in [1.29, 1.82) is 0 Å². The molecule has 0 unspecified atom stereocenters. The number of para-hydroxylation sites is 2. The lowest BCUT2D eigenvalue weighted by Crippen LogP contribution is -2.13. The Balaban J connectivity index is 2.02. The lowest BCUT2D eigenvalue weighted by molar-refractivity contribution is 0.467. The van der Waals surface area contributed by atoms with Gasteiger partial charge in [0.2, 0.25) is 0 Å². The van der Waals surface area contributed by atoms with Crippen LogP contribution in [0.15, 0.2) is 82.6 Å². The van der Waals surface area contributed by atoms with Crippen LogP contribution >= 0.6 is 0 Å². The molecule has 4 aromatic rings. The fraction of sp³-hybridized carbons (Fsp3) is 0. The van der Waals surface area contributed by atoms with E-state index in [0.717, 1.165) is 6.07 Å². The Hall–Kier alpha value is -3.84. The Morgan fingerprint density at radius 1 is 0.647 bits per heavy atom. The number of aromatic hydroxyl groups is 1. The summed E-state index contributed by atoms with van der Waals surface area (Å²) >= 11 is 0. The van der Waals surface area contributed by atoms with Gasteiger partial charge in [0.05, 0.1) is 22.7 Å². The fourth-order valence-electron chi connectivity index (χ4n) is 3.54. The molecule has 176 valence electrons. The van der Waals surface area contributed by atoms with Crippen molar-refractivity contribution in [1.82, 2.24) is 0 Å². The van der Waals surface area contributed by atoms with Gasteiger partial charge in [-0.05, 0) is 36.4 Å². The SMILES string of the molecule is Nc1ccccc1Nc1ccc(S(=O)(=O)O)c(S(=O)(=O)O)c1Nc1cccc2c(O)cccc12. The van der Waals surface area contributed by atoms with Gasteiger partial charge >= 0.3 is 0 Å². The first-order valence-corrected chi connectivity index (χ1v) is 12.6. The first-order chi connectivity index (χ1) is 16.0. The van der Waals surface area contributed by atoms with Crippen LogP contribution in [-0.2, 0) is 20.2 Å². The lowest BCUT2D eigenvalue weighted by atomic mass is 10.1. The molecule has 4 aromatic carbocycles. The van der Waals surface area contributed by atoms with Crippen LogP contribution in [0.1, 0.15) is 0 Å². The summed E-state index contributed by atoms with van der Waals surface area (Å²) in [4.78, 5) is -2.08. The molecule has 12 heteroatoms. The van der Waals surface area contributed by atoms with Crippen molar-refractivity contribution < 1.29 is 31.0 Å². The minimum Gasteiger partial charge on any atom is -0.507 e. The summed E-state index contributed by atoms with van der Waals surface area (Å²) in [6.45, 7) is 0. The Morgan fingerprint density at radius 2 is 1.29 bits per heavy atom. The van der Waals surface area contributed by atoms with E-state index in [0.29, 0.717) is 22.1 Å². The van der Waals surface area contributed by atoms with E-state index in [1.54, 1.807) is 54.6 Å². The molecule has 7 N–H and O–H groups in total. The summed E-state index contributed by atoms with van der Waals surface area (Å²) in [5.41, 5.74) is 6.62. The Bertz CT molecular complexity index is 1640. The van der Waals surface area contributed by atoms with Crippen LogP contribution in [0.25, 0.3) is 10.8 Å². The van der Waals surface area contributed by atoms with Gasteiger partial charge in [0.1, 0.15) is 15.5 Å². The van der Waals surface area contributed by atoms with Crippen molar-refractivity contribution >= 4 is 59.4 Å². The Morgan fingerprint density at radius 3 is 1.97 bits per heavy atom. The Kier molecular flexibility index (Phi) is 5.83. The number of benzene rings is 4. The number of nitrogens with two attached hydrogens (primary N) is 1. The molecule has 0 aliphatic rings. The van der Waals surface area contributed by atoms with Crippen LogP contribution in [0.4, 0.5) is 28.4 Å². The van der Waals surface area contributed by atoms with Gasteiger partial charge < -0.3 is 21.5 Å². The van der Waals surface area contributed by atoms with E-state index in [9.17, 15) is 31.0 Å². The highest BCUT2D eigenvalue weighted by Crippen LogP contribution is 2.41. The second kappa shape index (κ2) is 8.50. The molecule has 34 heavy (non-hydrogen) atoms. The van der Waals surface area contributed by atoms with E-state index in [1.165, 1.54) is 12.1 Å². The average Bonchev–Trinajstić information content (AvgIpc) is 2.75. The smallest absolute Gasteiger partial charge is 0.298 e. The van der Waals surface area contributed by atoms with E-state index in [1.807, 2.05) is 0 Å². The molecule has 0 atom stereocenters. The number of rotatable bonds is 6. The first-order valence-electron chi connectivity index (χ1n) is 9.68. The zero-order valence-corrected chi connectivity index (χ0v) is 18.9.